The number of benzene rings is 1. The Hall–Kier alpha value is -1.88. The number of nitrogens with one attached hydrogen (secondary N) is 1. The molecule has 0 unspecified atom stereocenters. The summed E-state index contributed by atoms with van der Waals surface area (Å²) in [6.07, 6.45) is 0.134. The van der Waals surface area contributed by atoms with E-state index in [0.717, 1.165) is 5.56 Å². The topological polar surface area (TPSA) is 75.6 Å². The summed E-state index contributed by atoms with van der Waals surface area (Å²) in [6.45, 7) is 5.29. The molecule has 0 aliphatic heterocycles. The van der Waals surface area contributed by atoms with Crippen LogP contribution in [0, 0.1) is 5.92 Å². The van der Waals surface area contributed by atoms with Gasteiger partial charge in [0.2, 0.25) is 0 Å². The van der Waals surface area contributed by atoms with Gasteiger partial charge in [-0.1, -0.05) is 30.3 Å². The van der Waals surface area contributed by atoms with E-state index < -0.39 is 23.4 Å². The van der Waals surface area contributed by atoms with Gasteiger partial charge in [0.25, 0.3) is 5.91 Å². The molecule has 1 rings (SSSR count). The van der Waals surface area contributed by atoms with E-state index in [1.54, 1.807) is 45.0 Å². The fraction of sp³-hybridized carbons (Fsp3) is 0.429. The molecule has 5 nitrogen and oxygen atoms in total. The maximum atomic E-state index is 11.8. The van der Waals surface area contributed by atoms with Crippen LogP contribution in [0.15, 0.2) is 30.3 Å². The molecule has 0 saturated heterocycles. The molecule has 0 saturated carbocycles. The molecule has 0 aliphatic rings. The Labute approximate surface area is 112 Å². The van der Waals surface area contributed by atoms with Crippen molar-refractivity contribution in [3.05, 3.63) is 35.9 Å². The van der Waals surface area contributed by atoms with Crippen LogP contribution < -0.4 is 5.48 Å². The molecule has 0 heterocycles. The lowest BCUT2D eigenvalue weighted by Crippen LogP contribution is -2.40. The molecule has 1 atom stereocenters. The van der Waals surface area contributed by atoms with Gasteiger partial charge in [-0.25, -0.2) is 5.48 Å². The molecule has 0 aliphatic carbocycles. The fourth-order valence-corrected chi connectivity index (χ4v) is 1.42. The predicted molar refractivity (Wildman–Crippen MR) is 70.3 cm³/mol. The Kier molecular flexibility index (Phi) is 5.06. The molecule has 1 aromatic rings. The molecule has 0 aromatic heterocycles. The van der Waals surface area contributed by atoms with Crippen molar-refractivity contribution >= 4 is 11.9 Å². The molecule has 2 N–H and O–H groups in total. The summed E-state index contributed by atoms with van der Waals surface area (Å²) < 4.78 is 0. The quantitative estimate of drug-likeness (QED) is 0.628. The van der Waals surface area contributed by atoms with Gasteiger partial charge >= 0.3 is 5.97 Å². The number of hydrogen-bond acceptors (Lipinski definition) is 3. The molecule has 0 fully saturated rings. The van der Waals surface area contributed by atoms with E-state index in [4.69, 9.17) is 9.94 Å². The summed E-state index contributed by atoms with van der Waals surface area (Å²) in [5.41, 5.74) is 2.43. The van der Waals surface area contributed by atoms with Gasteiger partial charge < -0.3 is 5.11 Å². The maximum absolute atomic E-state index is 11.8. The average Bonchev–Trinajstić information content (AvgIpc) is 2.33. The van der Waals surface area contributed by atoms with Gasteiger partial charge in [-0.15, -0.1) is 0 Å². The van der Waals surface area contributed by atoms with Crippen LogP contribution in [-0.4, -0.2) is 22.6 Å². The fourth-order valence-electron chi connectivity index (χ4n) is 1.42. The normalized spacial score (nSPS) is 12.8. The van der Waals surface area contributed by atoms with Gasteiger partial charge in [0.15, 0.2) is 0 Å². The van der Waals surface area contributed by atoms with Crippen molar-refractivity contribution in [1.82, 2.24) is 5.48 Å². The zero-order chi connectivity index (χ0) is 14.5. The van der Waals surface area contributed by atoms with Gasteiger partial charge in [0.05, 0.1) is 5.60 Å². The Balaban J connectivity index is 2.68. The van der Waals surface area contributed by atoms with E-state index in [1.165, 1.54) is 0 Å². The van der Waals surface area contributed by atoms with Crippen LogP contribution in [0.1, 0.15) is 26.3 Å². The minimum absolute atomic E-state index is 0.134. The van der Waals surface area contributed by atoms with Crippen molar-refractivity contribution in [2.24, 2.45) is 5.92 Å². The SMILES string of the molecule is CC(C)(C)ONC(=O)[C@H](Cc1ccccc1)C(=O)O. The van der Waals surface area contributed by atoms with Crippen molar-refractivity contribution in [2.45, 2.75) is 32.8 Å². The highest BCUT2D eigenvalue weighted by atomic mass is 16.7. The molecule has 5 heteroatoms. The van der Waals surface area contributed by atoms with E-state index in [-0.39, 0.29) is 6.42 Å². The van der Waals surface area contributed by atoms with Crippen LogP contribution in [0.2, 0.25) is 0 Å². The Morgan fingerprint density at radius 3 is 2.32 bits per heavy atom. The van der Waals surface area contributed by atoms with Gasteiger partial charge in [-0.2, -0.15) is 0 Å². The van der Waals surface area contributed by atoms with E-state index in [2.05, 4.69) is 5.48 Å². The van der Waals surface area contributed by atoms with Gasteiger partial charge in [0.1, 0.15) is 5.92 Å². The Morgan fingerprint density at radius 2 is 1.84 bits per heavy atom. The summed E-state index contributed by atoms with van der Waals surface area (Å²) in [6, 6.07) is 9.01. The molecule has 0 radical (unpaired) electrons. The highest BCUT2D eigenvalue weighted by molar-refractivity contribution is 5.96. The minimum Gasteiger partial charge on any atom is -0.481 e. The number of rotatable bonds is 5. The highest BCUT2D eigenvalue weighted by Gasteiger charge is 2.27. The summed E-state index contributed by atoms with van der Waals surface area (Å²) in [7, 11) is 0. The zero-order valence-corrected chi connectivity index (χ0v) is 11.3. The number of carbonyl (C=O) groups is 2. The lowest BCUT2D eigenvalue weighted by molar-refractivity contribution is -0.158. The molecule has 104 valence electrons. The molecule has 0 bridgehead atoms. The largest absolute Gasteiger partial charge is 0.481 e. The molecular weight excluding hydrogens is 246 g/mol. The van der Waals surface area contributed by atoms with E-state index >= 15 is 0 Å². The number of amides is 1. The van der Waals surface area contributed by atoms with Crippen LogP contribution in [0.4, 0.5) is 0 Å². The molecule has 1 amide bonds. The summed E-state index contributed by atoms with van der Waals surface area (Å²) in [5.74, 6) is -2.98. The maximum Gasteiger partial charge on any atom is 0.316 e. The third-order valence-corrected chi connectivity index (χ3v) is 2.36. The first-order valence-electron chi connectivity index (χ1n) is 6.04. The number of hydroxylamine groups is 1. The zero-order valence-electron chi connectivity index (χ0n) is 11.3. The third kappa shape index (κ3) is 5.52. The van der Waals surface area contributed by atoms with Crippen molar-refractivity contribution in [3.63, 3.8) is 0 Å². The summed E-state index contributed by atoms with van der Waals surface area (Å²) in [5, 5.41) is 9.12. The van der Waals surface area contributed by atoms with E-state index in [9.17, 15) is 9.59 Å². The van der Waals surface area contributed by atoms with Crippen molar-refractivity contribution < 1.29 is 19.5 Å². The average molecular weight is 265 g/mol. The van der Waals surface area contributed by atoms with Crippen molar-refractivity contribution in [3.8, 4) is 0 Å². The van der Waals surface area contributed by atoms with Crippen LogP contribution >= 0.6 is 0 Å². The number of aliphatic carboxylic acids is 1. The van der Waals surface area contributed by atoms with Crippen LogP contribution in [0.3, 0.4) is 0 Å². The lowest BCUT2D eigenvalue weighted by Gasteiger charge is -2.20. The second-order valence-corrected chi connectivity index (χ2v) is 5.26. The third-order valence-electron chi connectivity index (χ3n) is 2.36. The first kappa shape index (κ1) is 15.2. The van der Waals surface area contributed by atoms with E-state index in [1.807, 2.05) is 6.07 Å². The minimum atomic E-state index is -1.17. The number of hydrogen-bond donors (Lipinski definition) is 2. The Morgan fingerprint density at radius 1 is 1.26 bits per heavy atom. The predicted octanol–water partition coefficient (Wildman–Crippen LogP) is 1.78. The number of carboxylic acids is 1. The van der Waals surface area contributed by atoms with E-state index in [0.29, 0.717) is 0 Å². The highest BCUT2D eigenvalue weighted by Crippen LogP contribution is 2.11. The first-order valence-corrected chi connectivity index (χ1v) is 6.04. The molecule has 0 spiro atoms. The summed E-state index contributed by atoms with van der Waals surface area (Å²) >= 11 is 0. The lowest BCUT2D eigenvalue weighted by atomic mass is 9.99. The molecule has 19 heavy (non-hydrogen) atoms. The molecular formula is C14H19NO4. The second-order valence-electron chi connectivity index (χ2n) is 5.26. The van der Waals surface area contributed by atoms with Gasteiger partial charge in [0, 0.05) is 0 Å². The van der Waals surface area contributed by atoms with Crippen LogP contribution in [-0.2, 0) is 20.8 Å². The number of carboxylic acid groups (broad SMARTS) is 1. The van der Waals surface area contributed by atoms with Crippen molar-refractivity contribution in [2.75, 3.05) is 0 Å². The van der Waals surface area contributed by atoms with Crippen molar-refractivity contribution in [1.29, 1.82) is 0 Å². The second kappa shape index (κ2) is 6.33. The van der Waals surface area contributed by atoms with Crippen LogP contribution in [0.25, 0.3) is 0 Å². The smallest absolute Gasteiger partial charge is 0.316 e. The first-order chi connectivity index (χ1) is 8.79. The standard InChI is InChI=1S/C14H19NO4/c1-14(2,3)19-15-12(16)11(13(17)18)9-10-7-5-4-6-8-10/h4-8,11H,9H2,1-3H3,(H,15,16)(H,17,18)/t11-/m0/s1. The van der Waals surface area contributed by atoms with Gasteiger partial charge in [-0.3, -0.25) is 14.4 Å². The Bertz CT molecular complexity index is 437. The monoisotopic (exact) mass is 265 g/mol. The van der Waals surface area contributed by atoms with Crippen LogP contribution in [0.5, 0.6) is 0 Å². The molecule has 1 aromatic carbocycles. The number of carbonyl (C=O) groups excluding carboxylic acids is 1. The van der Waals surface area contributed by atoms with Gasteiger partial charge in [-0.05, 0) is 32.8 Å². The summed E-state index contributed by atoms with van der Waals surface area (Å²) in [4.78, 5) is 28.1.